The molecule has 3 nitrogen and oxygen atoms in total. The zero-order valence-electron chi connectivity index (χ0n) is 10.5. The van der Waals surface area contributed by atoms with Crippen LogP contribution in [0.1, 0.15) is 13.8 Å². The molecule has 1 aromatic rings. The van der Waals surface area contributed by atoms with Crippen LogP contribution < -0.4 is 5.32 Å². The van der Waals surface area contributed by atoms with Crippen molar-refractivity contribution in [3.63, 3.8) is 0 Å². The molecule has 0 saturated carbocycles. The number of carbonyl (C=O) groups is 1. The number of likely N-dealkylation sites (N-methyl/N-ethyl adjacent to an activating group) is 1. The van der Waals surface area contributed by atoms with Gasteiger partial charge < -0.3 is 10.2 Å². The van der Waals surface area contributed by atoms with Crippen molar-refractivity contribution in [3.8, 4) is 0 Å². The van der Waals surface area contributed by atoms with E-state index < -0.39 is 17.7 Å². The number of hydrogen-bond acceptors (Lipinski definition) is 1. The van der Waals surface area contributed by atoms with E-state index in [0.29, 0.717) is 13.1 Å². The summed E-state index contributed by atoms with van der Waals surface area (Å²) >= 11 is 0. The lowest BCUT2D eigenvalue weighted by Gasteiger charge is -2.21. The van der Waals surface area contributed by atoms with Gasteiger partial charge in [-0.3, -0.25) is 0 Å². The third-order valence-corrected chi connectivity index (χ3v) is 2.30. The van der Waals surface area contributed by atoms with Gasteiger partial charge in [-0.25, -0.2) is 13.6 Å². The maximum atomic E-state index is 13.3. The van der Waals surface area contributed by atoms with Gasteiger partial charge in [-0.15, -0.1) is 0 Å². The van der Waals surface area contributed by atoms with E-state index in [0.717, 1.165) is 17.7 Å². The van der Waals surface area contributed by atoms with Crippen molar-refractivity contribution in [3.05, 3.63) is 42.0 Å². The van der Waals surface area contributed by atoms with E-state index in [2.05, 4.69) is 11.9 Å². The number of carbonyl (C=O) groups excluding carboxylic acids is 1. The van der Waals surface area contributed by atoms with E-state index in [4.69, 9.17) is 0 Å². The van der Waals surface area contributed by atoms with E-state index in [1.807, 2.05) is 6.92 Å². The van der Waals surface area contributed by atoms with Crippen LogP contribution in [0.4, 0.5) is 19.3 Å². The molecule has 0 heterocycles. The molecule has 18 heavy (non-hydrogen) atoms. The zero-order chi connectivity index (χ0) is 13.7. The fourth-order valence-corrected chi connectivity index (χ4v) is 1.44. The Hall–Kier alpha value is -1.91. The summed E-state index contributed by atoms with van der Waals surface area (Å²) in [7, 11) is 0. The molecule has 1 rings (SSSR count). The number of nitrogens with one attached hydrogen (secondary N) is 1. The number of rotatable bonds is 4. The van der Waals surface area contributed by atoms with E-state index >= 15 is 0 Å². The maximum absolute atomic E-state index is 13.3. The van der Waals surface area contributed by atoms with Crippen molar-refractivity contribution in [1.29, 1.82) is 0 Å². The second-order valence-corrected chi connectivity index (χ2v) is 4.03. The molecule has 0 aliphatic heterocycles. The minimum absolute atomic E-state index is 0.0402. The smallest absolute Gasteiger partial charge is 0.321 e. The molecule has 0 fully saturated rings. The number of benzene rings is 1. The first-order valence-electron chi connectivity index (χ1n) is 5.59. The first kappa shape index (κ1) is 14.2. The van der Waals surface area contributed by atoms with Crippen LogP contribution in [0, 0.1) is 11.6 Å². The Morgan fingerprint density at radius 1 is 1.44 bits per heavy atom. The van der Waals surface area contributed by atoms with Crippen molar-refractivity contribution < 1.29 is 13.6 Å². The predicted octanol–water partition coefficient (Wildman–Crippen LogP) is 3.39. The quantitative estimate of drug-likeness (QED) is 0.821. The number of urea groups is 1. The molecule has 0 radical (unpaired) electrons. The maximum Gasteiger partial charge on any atom is 0.322 e. The first-order chi connectivity index (χ1) is 8.43. The average molecular weight is 254 g/mol. The zero-order valence-corrected chi connectivity index (χ0v) is 10.5. The highest BCUT2D eigenvalue weighted by Crippen LogP contribution is 2.15. The van der Waals surface area contributed by atoms with Gasteiger partial charge in [0.05, 0.1) is 5.69 Å². The highest BCUT2D eigenvalue weighted by molar-refractivity contribution is 5.89. The summed E-state index contributed by atoms with van der Waals surface area (Å²) in [5.41, 5.74) is 0.785. The van der Waals surface area contributed by atoms with Crippen LogP contribution in [0.5, 0.6) is 0 Å². The Balaban J connectivity index is 2.76. The number of amides is 2. The summed E-state index contributed by atoms with van der Waals surface area (Å²) < 4.78 is 26.1. The third-order valence-electron chi connectivity index (χ3n) is 2.30. The average Bonchev–Trinajstić information content (AvgIpc) is 2.29. The van der Waals surface area contributed by atoms with Gasteiger partial charge in [0, 0.05) is 19.2 Å². The second kappa shape index (κ2) is 6.14. The van der Waals surface area contributed by atoms with Crippen molar-refractivity contribution in [1.82, 2.24) is 4.90 Å². The molecular formula is C13H16F2N2O. The molecule has 0 aliphatic carbocycles. The highest BCUT2D eigenvalue weighted by atomic mass is 19.1. The number of anilines is 1. The topological polar surface area (TPSA) is 32.3 Å². The van der Waals surface area contributed by atoms with Crippen LogP contribution in [0.3, 0.4) is 0 Å². The molecule has 0 spiro atoms. The molecule has 0 saturated heterocycles. The van der Waals surface area contributed by atoms with Crippen molar-refractivity contribution >= 4 is 11.7 Å². The molecular weight excluding hydrogens is 238 g/mol. The van der Waals surface area contributed by atoms with Crippen molar-refractivity contribution in [2.24, 2.45) is 0 Å². The minimum atomic E-state index is -0.797. The molecule has 0 aromatic heterocycles. The third kappa shape index (κ3) is 3.84. The van der Waals surface area contributed by atoms with E-state index in [-0.39, 0.29) is 5.69 Å². The van der Waals surface area contributed by atoms with Crippen LogP contribution >= 0.6 is 0 Å². The van der Waals surface area contributed by atoms with Gasteiger partial charge in [-0.2, -0.15) is 0 Å². The van der Waals surface area contributed by atoms with Crippen LogP contribution in [0.2, 0.25) is 0 Å². The summed E-state index contributed by atoms with van der Waals surface area (Å²) in [5, 5.41) is 2.40. The van der Waals surface area contributed by atoms with Crippen LogP contribution in [0.25, 0.3) is 0 Å². The van der Waals surface area contributed by atoms with Crippen molar-refractivity contribution in [2.75, 3.05) is 18.4 Å². The largest absolute Gasteiger partial charge is 0.322 e. The van der Waals surface area contributed by atoms with Crippen LogP contribution in [-0.2, 0) is 0 Å². The second-order valence-electron chi connectivity index (χ2n) is 4.03. The van der Waals surface area contributed by atoms with Gasteiger partial charge in [-0.05, 0) is 26.0 Å². The lowest BCUT2D eigenvalue weighted by molar-refractivity contribution is 0.218. The number of hydrogen-bond donors (Lipinski definition) is 1. The predicted molar refractivity (Wildman–Crippen MR) is 67.4 cm³/mol. The Morgan fingerprint density at radius 3 is 2.61 bits per heavy atom. The van der Waals surface area contributed by atoms with Gasteiger partial charge in [0.2, 0.25) is 0 Å². The van der Waals surface area contributed by atoms with E-state index in [9.17, 15) is 13.6 Å². The Labute approximate surface area is 105 Å². The standard InChI is InChI=1S/C13H16F2N2O/c1-4-17(8-9(2)3)13(18)16-12-6-5-10(14)7-11(12)15/h5-7H,2,4,8H2,1,3H3,(H,16,18). The fraction of sp³-hybridized carbons (Fsp3) is 0.308. The van der Waals surface area contributed by atoms with Gasteiger partial charge >= 0.3 is 6.03 Å². The summed E-state index contributed by atoms with van der Waals surface area (Å²) in [5.74, 6) is -1.48. The molecule has 0 aliphatic rings. The van der Waals surface area contributed by atoms with Gasteiger partial charge in [0.15, 0.2) is 0 Å². The molecule has 5 heteroatoms. The normalized spacial score (nSPS) is 10.0. The summed E-state index contributed by atoms with van der Waals surface area (Å²) in [6.45, 7) is 8.19. The Bertz CT molecular complexity index is 460. The first-order valence-corrected chi connectivity index (χ1v) is 5.59. The van der Waals surface area contributed by atoms with Crippen molar-refractivity contribution in [2.45, 2.75) is 13.8 Å². The van der Waals surface area contributed by atoms with Crippen LogP contribution in [0.15, 0.2) is 30.4 Å². The monoisotopic (exact) mass is 254 g/mol. The highest BCUT2D eigenvalue weighted by Gasteiger charge is 2.13. The molecule has 98 valence electrons. The van der Waals surface area contributed by atoms with E-state index in [1.165, 1.54) is 11.0 Å². The molecule has 0 bridgehead atoms. The van der Waals surface area contributed by atoms with Gasteiger partial charge in [-0.1, -0.05) is 12.2 Å². The lowest BCUT2D eigenvalue weighted by atomic mass is 10.3. The molecule has 0 atom stereocenters. The summed E-state index contributed by atoms with van der Waals surface area (Å²) in [6, 6.07) is 2.57. The molecule has 1 N–H and O–H groups in total. The van der Waals surface area contributed by atoms with Gasteiger partial charge in [0.1, 0.15) is 11.6 Å². The number of nitrogens with zero attached hydrogens (tertiary/aromatic N) is 1. The van der Waals surface area contributed by atoms with E-state index in [1.54, 1.807) is 6.92 Å². The summed E-state index contributed by atoms with van der Waals surface area (Å²) in [6.07, 6.45) is 0. The Morgan fingerprint density at radius 2 is 2.11 bits per heavy atom. The SMILES string of the molecule is C=C(C)CN(CC)C(=O)Nc1ccc(F)cc1F. The minimum Gasteiger partial charge on any atom is -0.321 e. The summed E-state index contributed by atoms with van der Waals surface area (Å²) in [4.78, 5) is 13.3. The Kier molecular flexibility index (Phi) is 4.83. The number of halogens is 2. The molecule has 1 aromatic carbocycles. The lowest BCUT2D eigenvalue weighted by Crippen LogP contribution is -2.36. The van der Waals surface area contributed by atoms with Crippen LogP contribution in [-0.4, -0.2) is 24.0 Å². The molecule has 2 amide bonds. The fourth-order valence-electron chi connectivity index (χ4n) is 1.44. The van der Waals surface area contributed by atoms with Gasteiger partial charge in [0.25, 0.3) is 0 Å². The molecule has 0 unspecified atom stereocenters.